The number of ketones is 2. The first-order valence-corrected chi connectivity index (χ1v) is 12.1. The van der Waals surface area contributed by atoms with Crippen LogP contribution < -0.4 is 11.5 Å². The minimum absolute atomic E-state index is 0.0502. The van der Waals surface area contributed by atoms with E-state index in [9.17, 15) is 22.8 Å². The number of hydrogen-bond donors (Lipinski definition) is 2. The predicted molar refractivity (Wildman–Crippen MR) is 117 cm³/mol. The van der Waals surface area contributed by atoms with Crippen LogP contribution in [0.5, 0.6) is 0 Å². The van der Waals surface area contributed by atoms with E-state index < -0.39 is 51.4 Å². The van der Waals surface area contributed by atoms with E-state index in [2.05, 4.69) is 0 Å². The van der Waals surface area contributed by atoms with E-state index in [0.29, 0.717) is 0 Å². The highest BCUT2D eigenvalue weighted by atomic mass is 32.2. The number of hydrogen-bond acceptors (Lipinski definition) is 9. The van der Waals surface area contributed by atoms with E-state index in [1.54, 1.807) is 17.0 Å². The van der Waals surface area contributed by atoms with Crippen LogP contribution in [0.1, 0.15) is 12.5 Å². The molecule has 4 aliphatic rings. The highest BCUT2D eigenvalue weighted by Gasteiger charge is 2.79. The van der Waals surface area contributed by atoms with Crippen LogP contribution in [0.4, 0.5) is 4.79 Å². The average molecular weight is 489 g/mol. The first kappa shape index (κ1) is 22.6. The highest BCUT2D eigenvalue weighted by Crippen LogP contribution is 2.61. The summed E-state index contributed by atoms with van der Waals surface area (Å²) in [6.45, 7) is 3.06. The molecule has 1 aliphatic carbocycles. The molecule has 12 heteroatoms. The number of aryl methyl sites for hydroxylation is 1. The number of nitrogens with two attached hydrogens (primary N) is 2. The van der Waals surface area contributed by atoms with Crippen LogP contribution in [0.25, 0.3) is 0 Å². The van der Waals surface area contributed by atoms with Gasteiger partial charge in [-0.05, 0) is 26.0 Å². The van der Waals surface area contributed by atoms with Crippen molar-refractivity contribution < 1.29 is 32.3 Å². The second kappa shape index (κ2) is 7.14. The smallest absolute Gasteiger partial charge is 0.404 e. The topological polar surface area (TPSA) is 162 Å². The van der Waals surface area contributed by atoms with Gasteiger partial charge in [-0.3, -0.25) is 9.59 Å². The number of methoxy groups -OCH3 is 1. The van der Waals surface area contributed by atoms with Crippen LogP contribution in [-0.2, 0) is 29.1 Å². The number of fused-ring (bicyclic) bond motifs is 4. The zero-order valence-corrected chi connectivity index (χ0v) is 19.6. The summed E-state index contributed by atoms with van der Waals surface area (Å²) in [4.78, 5) is 39.6. The second-order valence-corrected chi connectivity index (χ2v) is 10.7. The second-order valence-electron chi connectivity index (χ2n) is 8.87. The van der Waals surface area contributed by atoms with Gasteiger partial charge in [0.2, 0.25) is 21.6 Å². The van der Waals surface area contributed by atoms with E-state index in [1.807, 2.05) is 6.92 Å². The Morgan fingerprint density at radius 1 is 1.18 bits per heavy atom. The molecule has 1 aromatic carbocycles. The van der Waals surface area contributed by atoms with E-state index in [1.165, 1.54) is 30.5 Å². The Morgan fingerprint density at radius 3 is 2.41 bits per heavy atom. The van der Waals surface area contributed by atoms with E-state index in [4.69, 9.17) is 20.9 Å². The third-order valence-corrected chi connectivity index (χ3v) is 9.15. The summed E-state index contributed by atoms with van der Waals surface area (Å²) in [7, 11) is -2.52. The number of nitrogens with zero attached hydrogens (tertiary/aromatic N) is 2. The summed E-state index contributed by atoms with van der Waals surface area (Å²) in [5, 5.41) is 0. The fourth-order valence-corrected chi connectivity index (χ4v) is 7.39. The Kier molecular flexibility index (Phi) is 4.74. The summed E-state index contributed by atoms with van der Waals surface area (Å²) < 4.78 is 39.2. The molecule has 34 heavy (non-hydrogen) atoms. The van der Waals surface area contributed by atoms with Gasteiger partial charge in [0, 0.05) is 24.8 Å². The number of primary amides is 1. The number of benzene rings is 1. The quantitative estimate of drug-likeness (QED) is 0.421. The monoisotopic (exact) mass is 488 g/mol. The van der Waals surface area contributed by atoms with Gasteiger partial charge in [0.25, 0.3) is 0 Å². The van der Waals surface area contributed by atoms with Crippen molar-refractivity contribution in [1.29, 1.82) is 0 Å². The molecule has 180 valence electrons. The van der Waals surface area contributed by atoms with Crippen LogP contribution in [0.3, 0.4) is 0 Å². The summed E-state index contributed by atoms with van der Waals surface area (Å²) in [6.07, 6.45) is -1.07. The maximum atomic E-state index is 13.5. The molecule has 0 bridgehead atoms. The van der Waals surface area contributed by atoms with Gasteiger partial charge >= 0.3 is 6.09 Å². The fraction of sp³-hybridized carbons (Fsp3) is 0.409. The third kappa shape index (κ3) is 2.70. The van der Waals surface area contributed by atoms with Gasteiger partial charge in [0.05, 0.1) is 34.3 Å². The fourth-order valence-electron chi connectivity index (χ4n) is 5.59. The zero-order valence-electron chi connectivity index (χ0n) is 18.8. The number of piperazine rings is 1. The molecule has 1 unspecified atom stereocenters. The lowest BCUT2D eigenvalue weighted by molar-refractivity contribution is -0.141. The van der Waals surface area contributed by atoms with E-state index >= 15 is 0 Å². The molecule has 5 rings (SSSR count). The van der Waals surface area contributed by atoms with Crippen LogP contribution in [-0.4, -0.2) is 73.4 Å². The van der Waals surface area contributed by atoms with Crippen LogP contribution in [0.15, 0.2) is 51.7 Å². The van der Waals surface area contributed by atoms with Crippen molar-refractivity contribution in [3.63, 3.8) is 0 Å². The van der Waals surface area contributed by atoms with Crippen molar-refractivity contribution in [2.24, 2.45) is 17.4 Å². The number of carbonyl (C=O) groups is 3. The molecule has 11 nitrogen and oxygen atoms in total. The van der Waals surface area contributed by atoms with Crippen molar-refractivity contribution in [1.82, 2.24) is 9.21 Å². The molecular weight excluding hydrogens is 464 g/mol. The largest absolute Gasteiger partial charge is 0.449 e. The molecule has 1 amide bonds. The first-order valence-electron chi connectivity index (χ1n) is 10.6. The summed E-state index contributed by atoms with van der Waals surface area (Å²) >= 11 is 0. The molecule has 0 spiro atoms. The van der Waals surface area contributed by atoms with Crippen LogP contribution in [0, 0.1) is 12.8 Å². The number of ether oxygens (including phenoxy) is 2. The normalized spacial score (nSPS) is 32.0. The Labute approximate surface area is 196 Å². The summed E-state index contributed by atoms with van der Waals surface area (Å²) in [6, 6.07) is 5.25. The number of Topliss-reactive ketones (excluding diaryl/α,β-unsaturated/α-hetero) is 2. The summed E-state index contributed by atoms with van der Waals surface area (Å²) in [5.41, 5.74) is 10.6. The molecule has 4 N–H and O–H groups in total. The maximum absolute atomic E-state index is 13.5. The van der Waals surface area contributed by atoms with E-state index in [-0.39, 0.29) is 40.6 Å². The molecular formula is C22H24N4O7S. The van der Waals surface area contributed by atoms with Crippen molar-refractivity contribution in [3.8, 4) is 0 Å². The van der Waals surface area contributed by atoms with Crippen LogP contribution >= 0.6 is 0 Å². The molecule has 0 radical (unpaired) electrons. The number of carbonyl (C=O) groups excluding carboxylic acids is 3. The molecule has 3 aliphatic heterocycles. The number of amides is 1. The molecule has 5 atom stereocenters. The Bertz CT molecular complexity index is 1320. The van der Waals surface area contributed by atoms with E-state index in [0.717, 1.165) is 5.56 Å². The van der Waals surface area contributed by atoms with Crippen LogP contribution in [0.2, 0.25) is 0 Å². The SMILES string of the molecule is CO[C@@]12[C@H](COC(N)=O)C3=C(C(=O)C(C)=C(N)C3=O)N1C[C@H]1[C@H]2N1S(=O)(=O)c1ccc(C)cc1. The zero-order chi connectivity index (χ0) is 24.7. The van der Waals surface area contributed by atoms with Crippen molar-refractivity contribution >= 4 is 27.7 Å². The van der Waals surface area contributed by atoms with Gasteiger partial charge in [0.1, 0.15) is 6.61 Å². The molecule has 0 aromatic heterocycles. The van der Waals surface area contributed by atoms with Crippen molar-refractivity contribution in [3.05, 3.63) is 52.4 Å². The standard InChI is InChI=1S/C22H24N4O7S/c1-10-4-6-12(7-5-10)34(30,31)26-14-8-25-17-15(19(28)16(23)11(2)18(17)27)13(9-33-21(24)29)22(25,32-3)20(14)26/h4-7,13-14,20H,8-9,23H2,1-3H3,(H2,24,29)/t13-,14+,20-,22-,26?/m1/s1. The molecule has 0 saturated carbocycles. The van der Waals surface area contributed by atoms with Gasteiger partial charge < -0.3 is 25.8 Å². The average Bonchev–Trinajstić information content (AvgIpc) is 3.33. The maximum Gasteiger partial charge on any atom is 0.404 e. The number of sulfonamides is 1. The lowest BCUT2D eigenvalue weighted by atomic mass is 9.82. The summed E-state index contributed by atoms with van der Waals surface area (Å²) in [5.74, 6) is -1.98. The third-order valence-electron chi connectivity index (χ3n) is 7.23. The molecule has 2 fully saturated rings. The van der Waals surface area contributed by atoms with Gasteiger partial charge in [0.15, 0.2) is 5.72 Å². The first-order chi connectivity index (χ1) is 16.0. The Balaban J connectivity index is 1.60. The van der Waals surface area contributed by atoms with Gasteiger partial charge in [-0.1, -0.05) is 17.7 Å². The minimum Gasteiger partial charge on any atom is -0.449 e. The molecule has 3 heterocycles. The van der Waals surface area contributed by atoms with Gasteiger partial charge in [-0.25, -0.2) is 13.2 Å². The van der Waals surface area contributed by atoms with Crippen molar-refractivity contribution in [2.75, 3.05) is 20.3 Å². The lowest BCUT2D eigenvalue weighted by Gasteiger charge is -2.40. The predicted octanol–water partition coefficient (Wildman–Crippen LogP) is -0.241. The Hall–Kier alpha value is -3.22. The molecule has 2 saturated heterocycles. The highest BCUT2D eigenvalue weighted by molar-refractivity contribution is 7.89. The van der Waals surface area contributed by atoms with Gasteiger partial charge in [-0.15, -0.1) is 0 Å². The van der Waals surface area contributed by atoms with Crippen molar-refractivity contribution in [2.45, 2.75) is 36.6 Å². The number of rotatable bonds is 5. The molecule has 1 aromatic rings. The Morgan fingerprint density at radius 2 is 1.82 bits per heavy atom. The van der Waals surface area contributed by atoms with Gasteiger partial charge in [-0.2, -0.15) is 4.31 Å². The minimum atomic E-state index is -3.89. The lowest BCUT2D eigenvalue weighted by Crippen LogP contribution is -2.56. The number of allylic oxidation sites excluding steroid dienone is 2.